The lowest BCUT2D eigenvalue weighted by Crippen LogP contribution is -2.53. The van der Waals surface area contributed by atoms with Crippen molar-refractivity contribution in [2.24, 2.45) is 5.92 Å². The number of piperazine rings is 1. The molecule has 3 rings (SSSR count). The number of halogens is 1. The molecule has 1 saturated heterocycles. The fourth-order valence-electron chi connectivity index (χ4n) is 3.58. The second kappa shape index (κ2) is 8.32. The lowest BCUT2D eigenvalue weighted by Gasteiger charge is -2.37. The summed E-state index contributed by atoms with van der Waals surface area (Å²) in [5.74, 6) is -0.150. The van der Waals surface area contributed by atoms with Crippen molar-refractivity contribution < 1.29 is 18.7 Å². The highest BCUT2D eigenvalue weighted by Crippen LogP contribution is 2.25. The number of ether oxygens (including phenoxy) is 1. The quantitative estimate of drug-likeness (QED) is 0.840. The van der Waals surface area contributed by atoms with Gasteiger partial charge in [0.05, 0.1) is 0 Å². The fraction of sp³-hybridized carbons (Fsp3) is 0.579. The smallest absolute Gasteiger partial charge is 0.260 e. The van der Waals surface area contributed by atoms with E-state index in [-0.39, 0.29) is 30.1 Å². The molecule has 1 aromatic carbocycles. The fourth-order valence-corrected chi connectivity index (χ4v) is 3.58. The Balaban J connectivity index is 1.44. The van der Waals surface area contributed by atoms with Gasteiger partial charge in [0.15, 0.2) is 18.2 Å². The van der Waals surface area contributed by atoms with Crippen molar-refractivity contribution in [2.75, 3.05) is 32.8 Å². The maximum absolute atomic E-state index is 13.5. The Hall–Kier alpha value is -2.11. The predicted molar refractivity (Wildman–Crippen MR) is 91.6 cm³/mol. The first kappa shape index (κ1) is 17.7. The molecular weight excluding hydrogens is 323 g/mol. The number of rotatable bonds is 4. The summed E-state index contributed by atoms with van der Waals surface area (Å²) in [6.07, 6.45) is 5.50. The number of carbonyl (C=O) groups excluding carboxylic acids is 2. The van der Waals surface area contributed by atoms with E-state index in [0.717, 1.165) is 25.7 Å². The van der Waals surface area contributed by atoms with Crippen molar-refractivity contribution in [3.63, 3.8) is 0 Å². The summed E-state index contributed by atoms with van der Waals surface area (Å²) in [6.45, 7) is 1.98. The van der Waals surface area contributed by atoms with Gasteiger partial charge < -0.3 is 14.5 Å². The zero-order chi connectivity index (χ0) is 17.6. The molecule has 1 aromatic rings. The molecule has 0 atom stereocenters. The summed E-state index contributed by atoms with van der Waals surface area (Å²) in [4.78, 5) is 28.3. The molecule has 2 fully saturated rings. The summed E-state index contributed by atoms with van der Waals surface area (Å²) in [6, 6.07) is 6.05. The molecule has 0 aromatic heterocycles. The van der Waals surface area contributed by atoms with E-state index in [1.807, 2.05) is 4.90 Å². The molecule has 0 spiro atoms. The number of nitrogens with zero attached hydrogens (tertiary/aromatic N) is 2. The third-order valence-electron chi connectivity index (χ3n) is 5.09. The molecule has 2 amide bonds. The summed E-state index contributed by atoms with van der Waals surface area (Å²) >= 11 is 0. The van der Waals surface area contributed by atoms with Crippen molar-refractivity contribution >= 4 is 11.8 Å². The molecule has 1 saturated carbocycles. The van der Waals surface area contributed by atoms with Crippen LogP contribution in [0.3, 0.4) is 0 Å². The normalized spacial score (nSPS) is 18.9. The van der Waals surface area contributed by atoms with E-state index in [9.17, 15) is 14.0 Å². The third-order valence-corrected chi connectivity index (χ3v) is 5.09. The van der Waals surface area contributed by atoms with Gasteiger partial charge in [-0.3, -0.25) is 9.59 Å². The van der Waals surface area contributed by atoms with Gasteiger partial charge in [-0.05, 0) is 25.0 Å². The van der Waals surface area contributed by atoms with Gasteiger partial charge in [0.1, 0.15) is 0 Å². The molecule has 2 aliphatic rings. The number of hydrogen-bond acceptors (Lipinski definition) is 3. The van der Waals surface area contributed by atoms with Crippen LogP contribution in [-0.2, 0) is 9.59 Å². The molecule has 136 valence electrons. The molecule has 0 bridgehead atoms. The second-order valence-corrected chi connectivity index (χ2v) is 6.76. The van der Waals surface area contributed by atoms with E-state index in [1.54, 1.807) is 17.0 Å². The summed E-state index contributed by atoms with van der Waals surface area (Å²) in [7, 11) is 0. The van der Waals surface area contributed by atoms with Crippen molar-refractivity contribution in [3.8, 4) is 5.75 Å². The Kier molecular flexibility index (Phi) is 5.89. The highest BCUT2D eigenvalue weighted by molar-refractivity contribution is 5.80. The molecule has 0 N–H and O–H groups in total. The number of amides is 2. The molecule has 0 radical (unpaired) electrons. The Labute approximate surface area is 147 Å². The number of carbonyl (C=O) groups is 2. The highest BCUT2D eigenvalue weighted by atomic mass is 19.1. The molecule has 5 nitrogen and oxygen atoms in total. The monoisotopic (exact) mass is 348 g/mol. The Bertz CT molecular complexity index is 608. The van der Waals surface area contributed by atoms with Crippen molar-refractivity contribution in [1.82, 2.24) is 9.80 Å². The first-order valence-corrected chi connectivity index (χ1v) is 9.09. The summed E-state index contributed by atoms with van der Waals surface area (Å²) < 4.78 is 18.8. The first-order valence-electron chi connectivity index (χ1n) is 9.09. The Morgan fingerprint density at radius 1 is 1.00 bits per heavy atom. The van der Waals surface area contributed by atoms with Gasteiger partial charge in [0.25, 0.3) is 5.91 Å². The molecular formula is C19H25FN2O3. The highest BCUT2D eigenvalue weighted by Gasteiger charge is 2.29. The molecule has 6 heteroatoms. The molecule has 1 heterocycles. The van der Waals surface area contributed by atoms with Crippen LogP contribution in [0.1, 0.15) is 32.1 Å². The minimum Gasteiger partial charge on any atom is -0.481 e. The maximum atomic E-state index is 13.5. The van der Waals surface area contributed by atoms with Gasteiger partial charge in [0.2, 0.25) is 5.91 Å². The topological polar surface area (TPSA) is 49.9 Å². The van der Waals surface area contributed by atoms with Gasteiger partial charge in [-0.25, -0.2) is 4.39 Å². The Morgan fingerprint density at radius 2 is 1.64 bits per heavy atom. The van der Waals surface area contributed by atoms with E-state index in [1.165, 1.54) is 18.6 Å². The van der Waals surface area contributed by atoms with Crippen LogP contribution in [0.2, 0.25) is 0 Å². The van der Waals surface area contributed by atoms with Gasteiger partial charge in [0, 0.05) is 32.1 Å². The Morgan fingerprint density at radius 3 is 2.32 bits per heavy atom. The molecule has 1 aliphatic carbocycles. The lowest BCUT2D eigenvalue weighted by molar-refractivity contribution is -0.143. The van der Waals surface area contributed by atoms with Crippen LogP contribution in [0, 0.1) is 11.7 Å². The minimum atomic E-state index is -0.474. The zero-order valence-electron chi connectivity index (χ0n) is 14.5. The van der Waals surface area contributed by atoms with Gasteiger partial charge in [-0.15, -0.1) is 0 Å². The van der Waals surface area contributed by atoms with Crippen LogP contribution in [0.25, 0.3) is 0 Å². The molecule has 1 aliphatic heterocycles. The van der Waals surface area contributed by atoms with Crippen LogP contribution in [0.5, 0.6) is 5.75 Å². The van der Waals surface area contributed by atoms with Crippen molar-refractivity contribution in [1.29, 1.82) is 0 Å². The lowest BCUT2D eigenvalue weighted by atomic mass is 9.88. The standard InChI is InChI=1S/C19H25FN2O3/c20-16-8-4-5-9-17(16)25-14-18(23)21-10-12-22(13-11-21)19(24)15-6-2-1-3-7-15/h4-5,8-9,15H,1-3,6-7,10-14H2. The second-order valence-electron chi connectivity index (χ2n) is 6.76. The third kappa shape index (κ3) is 4.50. The van der Waals surface area contributed by atoms with Gasteiger partial charge in [-0.1, -0.05) is 31.4 Å². The van der Waals surface area contributed by atoms with E-state index in [2.05, 4.69) is 0 Å². The van der Waals surface area contributed by atoms with Gasteiger partial charge >= 0.3 is 0 Å². The largest absolute Gasteiger partial charge is 0.481 e. The first-order chi connectivity index (χ1) is 12.1. The van der Waals surface area contributed by atoms with E-state index in [4.69, 9.17) is 4.74 Å². The van der Waals surface area contributed by atoms with Crippen molar-refractivity contribution in [2.45, 2.75) is 32.1 Å². The van der Waals surface area contributed by atoms with Crippen LogP contribution in [-0.4, -0.2) is 54.4 Å². The minimum absolute atomic E-state index is 0.0852. The number of benzene rings is 1. The maximum Gasteiger partial charge on any atom is 0.260 e. The number of hydrogen-bond donors (Lipinski definition) is 0. The molecule has 0 unspecified atom stereocenters. The SMILES string of the molecule is O=C(COc1ccccc1F)N1CCN(C(=O)C2CCCCC2)CC1. The summed E-state index contributed by atoms with van der Waals surface area (Å²) in [5, 5.41) is 0. The predicted octanol–water partition coefficient (Wildman–Crippen LogP) is 2.46. The average Bonchev–Trinajstić information content (AvgIpc) is 2.67. The van der Waals surface area contributed by atoms with E-state index < -0.39 is 5.82 Å². The molecule has 25 heavy (non-hydrogen) atoms. The van der Waals surface area contributed by atoms with Crippen LogP contribution >= 0.6 is 0 Å². The van der Waals surface area contributed by atoms with Crippen LogP contribution in [0.15, 0.2) is 24.3 Å². The van der Waals surface area contributed by atoms with Crippen LogP contribution in [0.4, 0.5) is 4.39 Å². The van der Waals surface area contributed by atoms with Crippen LogP contribution < -0.4 is 4.74 Å². The van der Waals surface area contributed by atoms with E-state index in [0.29, 0.717) is 26.2 Å². The average molecular weight is 348 g/mol. The zero-order valence-corrected chi connectivity index (χ0v) is 14.5. The van der Waals surface area contributed by atoms with Crippen molar-refractivity contribution in [3.05, 3.63) is 30.1 Å². The number of para-hydroxylation sites is 1. The summed E-state index contributed by atoms with van der Waals surface area (Å²) in [5.41, 5.74) is 0. The van der Waals surface area contributed by atoms with Gasteiger partial charge in [-0.2, -0.15) is 0 Å². The van der Waals surface area contributed by atoms with E-state index >= 15 is 0 Å².